The van der Waals surface area contributed by atoms with Crippen molar-refractivity contribution in [1.29, 1.82) is 0 Å². The van der Waals surface area contributed by atoms with E-state index in [4.69, 9.17) is 25.7 Å². The van der Waals surface area contributed by atoms with Crippen LogP contribution in [-0.2, 0) is 25.7 Å². The molecule has 0 saturated heterocycles. The molecule has 4 nitrogen and oxygen atoms in total. The predicted molar refractivity (Wildman–Crippen MR) is 87.0 cm³/mol. The molecule has 6 heteroatoms. The topological polar surface area (TPSA) is 40.0 Å². The van der Waals surface area contributed by atoms with Crippen LogP contribution in [0.1, 0.15) is 27.7 Å². The van der Waals surface area contributed by atoms with Crippen molar-refractivity contribution in [2.45, 2.75) is 27.7 Å². The Balaban J connectivity index is 3.04. The fourth-order valence-electron chi connectivity index (χ4n) is 1.41. The van der Waals surface area contributed by atoms with Crippen LogP contribution in [-0.4, -0.2) is 19.1 Å². The smallest absolute Gasteiger partial charge is 0.270 e. The largest absolute Gasteiger partial charge is 0.422 e. The van der Waals surface area contributed by atoms with Gasteiger partial charge in [-0.3, -0.25) is 0 Å². The van der Waals surface area contributed by atoms with Crippen molar-refractivity contribution < 1.29 is 13.9 Å². The molecule has 0 heterocycles. The van der Waals surface area contributed by atoms with E-state index in [9.17, 15) is 0 Å². The van der Waals surface area contributed by atoms with Crippen LogP contribution >= 0.6 is 6.49 Å². The molecule has 1 rings (SSSR count). The standard InChI is InChI=1S/C14H22NO3PS/c1-5-16-15-14(12(3)4)18-19(20,17-6-2)13-10-8-7-9-11-13/h7-12H,5-6H2,1-4H3. The maximum atomic E-state index is 5.96. The van der Waals surface area contributed by atoms with E-state index in [1.165, 1.54) is 0 Å². The highest BCUT2D eigenvalue weighted by Crippen LogP contribution is 2.48. The molecule has 0 fully saturated rings. The van der Waals surface area contributed by atoms with Crippen molar-refractivity contribution in [3.05, 3.63) is 30.3 Å². The first-order valence-electron chi connectivity index (χ1n) is 6.73. The summed E-state index contributed by atoms with van der Waals surface area (Å²) < 4.78 is 11.7. The second-order valence-corrected chi connectivity index (χ2v) is 7.74. The average molecular weight is 315 g/mol. The minimum Gasteiger partial charge on any atom is -0.422 e. The Kier molecular flexibility index (Phi) is 7.20. The van der Waals surface area contributed by atoms with E-state index in [0.717, 1.165) is 5.30 Å². The second kappa shape index (κ2) is 8.40. The zero-order valence-electron chi connectivity index (χ0n) is 12.4. The van der Waals surface area contributed by atoms with Crippen molar-refractivity contribution in [1.82, 2.24) is 0 Å². The average Bonchev–Trinajstić information content (AvgIpc) is 2.44. The number of hydrogen-bond donors (Lipinski definition) is 0. The van der Waals surface area contributed by atoms with Gasteiger partial charge in [0, 0.05) is 11.2 Å². The molecule has 112 valence electrons. The van der Waals surface area contributed by atoms with Gasteiger partial charge in [0.2, 0.25) is 5.90 Å². The molecule has 0 amide bonds. The lowest BCUT2D eigenvalue weighted by Crippen LogP contribution is -2.18. The van der Waals surface area contributed by atoms with Gasteiger partial charge >= 0.3 is 0 Å². The lowest BCUT2D eigenvalue weighted by atomic mass is 10.2. The van der Waals surface area contributed by atoms with Crippen molar-refractivity contribution in [3.63, 3.8) is 0 Å². The normalized spacial score (nSPS) is 14.9. The van der Waals surface area contributed by atoms with E-state index in [2.05, 4.69) is 5.16 Å². The summed E-state index contributed by atoms with van der Waals surface area (Å²) in [5.74, 6) is 0.556. The fourth-order valence-corrected chi connectivity index (χ4v) is 4.00. The first kappa shape index (κ1) is 17.2. The van der Waals surface area contributed by atoms with Gasteiger partial charge in [-0.2, -0.15) is 0 Å². The molecule has 0 aromatic heterocycles. The molecule has 20 heavy (non-hydrogen) atoms. The van der Waals surface area contributed by atoms with Gasteiger partial charge in [0.1, 0.15) is 6.61 Å². The van der Waals surface area contributed by atoms with Crippen LogP contribution in [0.25, 0.3) is 0 Å². The summed E-state index contributed by atoms with van der Waals surface area (Å²) in [5, 5.41) is 4.89. The summed E-state index contributed by atoms with van der Waals surface area (Å²) in [6.07, 6.45) is 0. The summed E-state index contributed by atoms with van der Waals surface area (Å²) >= 11 is 5.64. The van der Waals surface area contributed by atoms with Gasteiger partial charge in [-0.25, -0.2) is 0 Å². The van der Waals surface area contributed by atoms with Crippen molar-refractivity contribution >= 4 is 29.5 Å². The Morgan fingerprint density at radius 3 is 2.35 bits per heavy atom. The first-order valence-corrected chi connectivity index (χ1v) is 9.37. The quantitative estimate of drug-likeness (QED) is 0.333. The lowest BCUT2D eigenvalue weighted by molar-refractivity contribution is 0.150. The van der Waals surface area contributed by atoms with Crippen LogP contribution in [0.5, 0.6) is 0 Å². The van der Waals surface area contributed by atoms with Crippen LogP contribution in [0.2, 0.25) is 0 Å². The summed E-state index contributed by atoms with van der Waals surface area (Å²) in [5.41, 5.74) is 0. The highest BCUT2D eigenvalue weighted by molar-refractivity contribution is 8.13. The van der Waals surface area contributed by atoms with Gasteiger partial charge in [-0.15, -0.1) is 0 Å². The van der Waals surface area contributed by atoms with Crippen LogP contribution in [0.3, 0.4) is 0 Å². The first-order chi connectivity index (χ1) is 9.53. The summed E-state index contributed by atoms with van der Waals surface area (Å²) in [4.78, 5) is 5.10. The van der Waals surface area contributed by atoms with E-state index in [1.807, 2.05) is 58.0 Å². The van der Waals surface area contributed by atoms with Gasteiger partial charge in [-0.05, 0) is 37.8 Å². The van der Waals surface area contributed by atoms with Gasteiger partial charge in [0.15, 0.2) is 0 Å². The zero-order valence-corrected chi connectivity index (χ0v) is 14.1. The van der Waals surface area contributed by atoms with Gasteiger partial charge in [-0.1, -0.05) is 37.2 Å². The fraction of sp³-hybridized carbons (Fsp3) is 0.500. The van der Waals surface area contributed by atoms with E-state index in [0.29, 0.717) is 19.1 Å². The Hall–Kier alpha value is -0.900. The molecule has 1 aromatic carbocycles. The highest BCUT2D eigenvalue weighted by Gasteiger charge is 2.26. The third kappa shape index (κ3) is 4.89. The van der Waals surface area contributed by atoms with E-state index < -0.39 is 6.49 Å². The Labute approximate surface area is 126 Å². The predicted octanol–water partition coefficient (Wildman–Crippen LogP) is 3.68. The van der Waals surface area contributed by atoms with Crippen molar-refractivity contribution in [2.24, 2.45) is 11.1 Å². The van der Waals surface area contributed by atoms with Crippen LogP contribution < -0.4 is 5.30 Å². The molecule has 0 spiro atoms. The van der Waals surface area contributed by atoms with Crippen LogP contribution in [0.4, 0.5) is 0 Å². The molecule has 1 atom stereocenters. The van der Waals surface area contributed by atoms with Crippen molar-refractivity contribution in [2.75, 3.05) is 13.2 Å². The molecule has 0 aliphatic carbocycles. The third-order valence-corrected chi connectivity index (χ3v) is 5.49. The molecule has 0 aliphatic rings. The molecule has 1 aromatic rings. The van der Waals surface area contributed by atoms with Gasteiger partial charge in [0.05, 0.1) is 6.61 Å². The molecular weight excluding hydrogens is 293 g/mol. The van der Waals surface area contributed by atoms with Gasteiger partial charge in [0.25, 0.3) is 6.49 Å². The van der Waals surface area contributed by atoms with Gasteiger partial charge < -0.3 is 13.9 Å². The minimum atomic E-state index is -2.60. The van der Waals surface area contributed by atoms with Crippen LogP contribution in [0.15, 0.2) is 35.5 Å². The molecular formula is C14H22NO3PS. The van der Waals surface area contributed by atoms with E-state index in [-0.39, 0.29) is 5.92 Å². The highest BCUT2D eigenvalue weighted by atomic mass is 32.5. The Morgan fingerprint density at radius 2 is 1.85 bits per heavy atom. The number of benzene rings is 1. The van der Waals surface area contributed by atoms with E-state index >= 15 is 0 Å². The minimum absolute atomic E-state index is 0.0769. The van der Waals surface area contributed by atoms with Crippen LogP contribution in [0, 0.1) is 5.92 Å². The second-order valence-electron chi connectivity index (χ2n) is 4.34. The lowest BCUT2D eigenvalue weighted by Gasteiger charge is -2.24. The number of nitrogens with zero attached hydrogens (tertiary/aromatic N) is 1. The maximum Gasteiger partial charge on any atom is 0.270 e. The molecule has 0 radical (unpaired) electrons. The molecule has 0 aliphatic heterocycles. The zero-order chi connectivity index (χ0) is 15.0. The monoisotopic (exact) mass is 315 g/mol. The molecule has 0 N–H and O–H groups in total. The Bertz CT molecular complexity index is 477. The molecule has 0 saturated carbocycles. The molecule has 0 bridgehead atoms. The summed E-state index contributed by atoms with van der Waals surface area (Å²) in [7, 11) is 0. The third-order valence-electron chi connectivity index (χ3n) is 2.36. The number of rotatable bonds is 7. The summed E-state index contributed by atoms with van der Waals surface area (Å²) in [6.45, 7) is 6.12. The number of oxime groups is 1. The summed E-state index contributed by atoms with van der Waals surface area (Å²) in [6, 6.07) is 9.64. The maximum absolute atomic E-state index is 5.96. The number of hydrogen-bond acceptors (Lipinski definition) is 5. The van der Waals surface area contributed by atoms with E-state index in [1.54, 1.807) is 0 Å². The van der Waals surface area contributed by atoms with Crippen molar-refractivity contribution in [3.8, 4) is 0 Å². The SMILES string of the molecule is CCON=C(OP(=S)(OCC)c1ccccc1)C(C)C. The Morgan fingerprint density at radius 1 is 1.20 bits per heavy atom. The molecule has 1 unspecified atom stereocenters.